The second kappa shape index (κ2) is 6.61. The minimum absolute atomic E-state index is 0.320. The molecule has 0 saturated heterocycles. The fourth-order valence-corrected chi connectivity index (χ4v) is 3.09. The third-order valence-corrected chi connectivity index (χ3v) is 4.43. The summed E-state index contributed by atoms with van der Waals surface area (Å²) in [5.41, 5.74) is 3.73. The van der Waals surface area contributed by atoms with Gasteiger partial charge in [-0.05, 0) is 54.5 Å². The van der Waals surface area contributed by atoms with E-state index in [0.29, 0.717) is 23.1 Å². The number of hydrogen-bond donors (Lipinski definition) is 0. The highest BCUT2D eigenvalue weighted by atomic mass is 19.2. The molecule has 0 atom stereocenters. The van der Waals surface area contributed by atoms with Gasteiger partial charge < -0.3 is 0 Å². The van der Waals surface area contributed by atoms with Crippen LogP contribution in [0.3, 0.4) is 0 Å². The van der Waals surface area contributed by atoms with Gasteiger partial charge in [-0.1, -0.05) is 43.2 Å². The number of halogens is 3. The first-order chi connectivity index (χ1) is 11.1. The summed E-state index contributed by atoms with van der Waals surface area (Å²) in [6.07, 6.45) is 6.81. The van der Waals surface area contributed by atoms with Crippen molar-refractivity contribution in [3.8, 4) is 11.1 Å². The van der Waals surface area contributed by atoms with Gasteiger partial charge in [-0.25, -0.2) is 13.2 Å². The van der Waals surface area contributed by atoms with Crippen LogP contribution in [0.1, 0.15) is 37.3 Å². The average molecular weight is 316 g/mol. The number of fused-ring (bicyclic) bond motifs is 1. The molecule has 0 amide bonds. The number of unbranched alkanes of at least 4 members (excludes halogenated alkanes) is 1. The van der Waals surface area contributed by atoms with Crippen molar-refractivity contribution in [1.82, 2.24) is 0 Å². The van der Waals surface area contributed by atoms with Gasteiger partial charge in [0, 0.05) is 5.56 Å². The van der Waals surface area contributed by atoms with Crippen molar-refractivity contribution in [1.29, 1.82) is 0 Å². The zero-order valence-corrected chi connectivity index (χ0v) is 13.1. The lowest BCUT2D eigenvalue weighted by molar-refractivity contribution is 0.509. The quantitative estimate of drug-likeness (QED) is 0.608. The Hall–Kier alpha value is -2.03. The Balaban J connectivity index is 1.93. The molecule has 0 unspecified atom stereocenters. The maximum Gasteiger partial charge on any atom is 0.159 e. The van der Waals surface area contributed by atoms with Gasteiger partial charge in [0.15, 0.2) is 11.6 Å². The van der Waals surface area contributed by atoms with Gasteiger partial charge >= 0.3 is 0 Å². The molecule has 1 aliphatic carbocycles. The van der Waals surface area contributed by atoms with Gasteiger partial charge in [-0.15, -0.1) is 0 Å². The molecule has 0 fully saturated rings. The predicted octanol–water partition coefficient (Wildman–Crippen LogP) is 5.99. The van der Waals surface area contributed by atoms with Crippen LogP contribution in [0.5, 0.6) is 0 Å². The maximum atomic E-state index is 14.8. The summed E-state index contributed by atoms with van der Waals surface area (Å²) < 4.78 is 41.3. The van der Waals surface area contributed by atoms with E-state index in [2.05, 4.69) is 13.0 Å². The van der Waals surface area contributed by atoms with Crippen LogP contribution >= 0.6 is 0 Å². The third kappa shape index (κ3) is 3.19. The lowest BCUT2D eigenvalue weighted by Gasteiger charge is -2.19. The molecule has 0 aromatic heterocycles. The van der Waals surface area contributed by atoms with Gasteiger partial charge in [0.1, 0.15) is 5.82 Å². The van der Waals surface area contributed by atoms with Crippen molar-refractivity contribution in [2.24, 2.45) is 0 Å². The van der Waals surface area contributed by atoms with Gasteiger partial charge in [0.2, 0.25) is 0 Å². The topological polar surface area (TPSA) is 0 Å². The van der Waals surface area contributed by atoms with Gasteiger partial charge in [-0.3, -0.25) is 0 Å². The smallest absolute Gasteiger partial charge is 0.159 e. The van der Waals surface area contributed by atoms with Crippen LogP contribution in [0.15, 0.2) is 42.0 Å². The molecule has 1 aliphatic rings. The first-order valence-corrected chi connectivity index (χ1v) is 8.03. The maximum absolute atomic E-state index is 14.8. The Morgan fingerprint density at radius 2 is 1.83 bits per heavy atom. The minimum Gasteiger partial charge on any atom is -0.206 e. The van der Waals surface area contributed by atoms with Crippen LogP contribution < -0.4 is 0 Å². The number of hydrogen-bond acceptors (Lipinski definition) is 0. The Morgan fingerprint density at radius 3 is 2.57 bits per heavy atom. The molecule has 0 radical (unpaired) electrons. The molecule has 0 N–H and O–H groups in total. The fraction of sp³-hybridized carbons (Fsp3) is 0.300. The third-order valence-electron chi connectivity index (χ3n) is 4.43. The number of rotatable bonds is 4. The standard InChI is InChI=1S/C20H19F3/c1-2-3-4-13-5-8-16-14(11-13)6-9-17(20(16)23)15-7-10-18(21)19(22)12-15/h5-7,9-10,12H,2-4,8,11H2,1H3. The first-order valence-electron chi connectivity index (χ1n) is 8.03. The van der Waals surface area contributed by atoms with E-state index in [1.807, 2.05) is 6.07 Å². The van der Waals surface area contributed by atoms with Crippen LogP contribution in [0, 0.1) is 17.5 Å². The van der Waals surface area contributed by atoms with Crippen LogP contribution in [0.2, 0.25) is 0 Å². The molecule has 0 spiro atoms. The van der Waals surface area contributed by atoms with Crippen molar-refractivity contribution in [2.75, 3.05) is 0 Å². The fourth-order valence-electron chi connectivity index (χ4n) is 3.09. The molecule has 3 rings (SSSR count). The van der Waals surface area contributed by atoms with Gasteiger partial charge in [0.25, 0.3) is 0 Å². The Morgan fingerprint density at radius 1 is 1.00 bits per heavy atom. The van der Waals surface area contributed by atoms with Crippen molar-refractivity contribution >= 4 is 0 Å². The van der Waals surface area contributed by atoms with Crippen molar-refractivity contribution < 1.29 is 13.2 Å². The first kappa shape index (κ1) is 15.9. The molecule has 0 bridgehead atoms. The van der Waals surface area contributed by atoms with Crippen molar-refractivity contribution in [2.45, 2.75) is 39.0 Å². The lowest BCUT2D eigenvalue weighted by Crippen LogP contribution is -2.07. The average Bonchev–Trinajstić information content (AvgIpc) is 2.56. The summed E-state index contributed by atoms with van der Waals surface area (Å²) in [5, 5.41) is 0. The van der Waals surface area contributed by atoms with Crippen LogP contribution in [0.25, 0.3) is 11.1 Å². The summed E-state index contributed by atoms with van der Waals surface area (Å²) in [6.45, 7) is 2.16. The van der Waals surface area contributed by atoms with Crippen LogP contribution in [-0.4, -0.2) is 0 Å². The highest BCUT2D eigenvalue weighted by molar-refractivity contribution is 5.66. The summed E-state index contributed by atoms with van der Waals surface area (Å²) in [7, 11) is 0. The van der Waals surface area contributed by atoms with E-state index >= 15 is 0 Å². The summed E-state index contributed by atoms with van der Waals surface area (Å²) >= 11 is 0. The summed E-state index contributed by atoms with van der Waals surface area (Å²) in [5.74, 6) is -2.20. The Bertz CT molecular complexity index is 760. The Kier molecular flexibility index (Phi) is 4.56. The molecule has 0 heterocycles. The minimum atomic E-state index is -0.957. The van der Waals surface area contributed by atoms with Crippen molar-refractivity contribution in [3.63, 3.8) is 0 Å². The summed E-state index contributed by atoms with van der Waals surface area (Å²) in [6, 6.07) is 7.07. The molecular weight excluding hydrogens is 297 g/mol. The highest BCUT2D eigenvalue weighted by Crippen LogP contribution is 2.32. The molecule has 23 heavy (non-hydrogen) atoms. The zero-order chi connectivity index (χ0) is 16.4. The lowest BCUT2D eigenvalue weighted by atomic mass is 9.87. The zero-order valence-electron chi connectivity index (χ0n) is 13.1. The van der Waals surface area contributed by atoms with Crippen LogP contribution in [-0.2, 0) is 12.8 Å². The number of allylic oxidation sites excluding steroid dienone is 2. The molecular formula is C20H19F3. The molecule has 0 saturated carbocycles. The van der Waals surface area contributed by atoms with E-state index < -0.39 is 11.6 Å². The summed E-state index contributed by atoms with van der Waals surface area (Å²) in [4.78, 5) is 0. The van der Waals surface area contributed by atoms with E-state index in [4.69, 9.17) is 0 Å². The Labute approximate surface area is 134 Å². The highest BCUT2D eigenvalue weighted by Gasteiger charge is 2.18. The van der Waals surface area contributed by atoms with Crippen molar-refractivity contribution in [3.05, 3.63) is 70.6 Å². The normalized spacial score (nSPS) is 13.7. The molecule has 2 aromatic carbocycles. The number of benzene rings is 2. The monoisotopic (exact) mass is 316 g/mol. The predicted molar refractivity (Wildman–Crippen MR) is 86.8 cm³/mol. The van der Waals surface area contributed by atoms with E-state index in [0.717, 1.165) is 43.4 Å². The largest absolute Gasteiger partial charge is 0.206 e. The van der Waals surface area contributed by atoms with E-state index in [1.54, 1.807) is 6.07 Å². The van der Waals surface area contributed by atoms with Gasteiger partial charge in [0.05, 0.1) is 0 Å². The SMILES string of the molecule is CCCCC1=CCc2c(ccc(-c3ccc(F)c(F)c3)c2F)C1. The van der Waals surface area contributed by atoms with Crippen LogP contribution in [0.4, 0.5) is 13.2 Å². The van der Waals surface area contributed by atoms with E-state index in [9.17, 15) is 13.2 Å². The molecule has 120 valence electrons. The molecule has 2 aromatic rings. The molecule has 3 heteroatoms. The second-order valence-corrected chi connectivity index (χ2v) is 6.04. The molecule has 0 aliphatic heterocycles. The second-order valence-electron chi connectivity index (χ2n) is 6.04. The van der Waals surface area contributed by atoms with Gasteiger partial charge in [-0.2, -0.15) is 0 Å². The van der Waals surface area contributed by atoms with E-state index in [-0.39, 0.29) is 5.82 Å². The van der Waals surface area contributed by atoms with E-state index in [1.165, 1.54) is 11.6 Å². The molecule has 0 nitrogen and oxygen atoms in total.